The Morgan fingerprint density at radius 1 is 0.917 bits per heavy atom. The molecule has 0 bridgehead atoms. The SMILES string of the molecule is CCN1CCN(Cc2cc(C)cc(-c3nn(-c4ccccc4)c(C(=O)OC)c3C(=O)OC)c2C)CC1. The number of ether oxygens (including phenoxy) is 2. The second kappa shape index (κ2) is 11.1. The molecule has 0 atom stereocenters. The first-order valence-corrected chi connectivity index (χ1v) is 12.3. The predicted molar refractivity (Wildman–Crippen MR) is 139 cm³/mol. The van der Waals surface area contributed by atoms with Gasteiger partial charge in [0, 0.05) is 38.3 Å². The number of carbonyl (C=O) groups excluding carboxylic acids is 2. The molecule has 0 amide bonds. The lowest BCUT2D eigenvalue weighted by Gasteiger charge is -2.34. The van der Waals surface area contributed by atoms with Crippen LogP contribution in [0.2, 0.25) is 0 Å². The van der Waals surface area contributed by atoms with Crippen LogP contribution >= 0.6 is 0 Å². The van der Waals surface area contributed by atoms with Crippen molar-refractivity contribution >= 4 is 11.9 Å². The predicted octanol–water partition coefficient (Wildman–Crippen LogP) is 3.87. The molecule has 0 spiro atoms. The van der Waals surface area contributed by atoms with Crippen molar-refractivity contribution in [2.24, 2.45) is 0 Å². The van der Waals surface area contributed by atoms with Crippen LogP contribution < -0.4 is 0 Å². The average Bonchev–Trinajstić information content (AvgIpc) is 3.31. The van der Waals surface area contributed by atoms with E-state index in [-0.39, 0.29) is 11.3 Å². The number of benzene rings is 2. The van der Waals surface area contributed by atoms with E-state index in [0.717, 1.165) is 56.0 Å². The summed E-state index contributed by atoms with van der Waals surface area (Å²) in [5.74, 6) is -1.29. The summed E-state index contributed by atoms with van der Waals surface area (Å²) in [5.41, 5.74) is 5.27. The fraction of sp³-hybridized carbons (Fsp3) is 0.393. The van der Waals surface area contributed by atoms with Crippen molar-refractivity contribution in [2.45, 2.75) is 27.3 Å². The number of piperazine rings is 1. The van der Waals surface area contributed by atoms with Gasteiger partial charge in [-0.1, -0.05) is 36.8 Å². The zero-order chi connectivity index (χ0) is 25.8. The number of hydrogen-bond donors (Lipinski definition) is 0. The highest BCUT2D eigenvalue weighted by Crippen LogP contribution is 2.33. The quantitative estimate of drug-likeness (QED) is 0.466. The fourth-order valence-electron chi connectivity index (χ4n) is 4.79. The van der Waals surface area contributed by atoms with Crippen molar-refractivity contribution in [3.8, 4) is 16.9 Å². The Labute approximate surface area is 212 Å². The first-order chi connectivity index (χ1) is 17.4. The Morgan fingerprint density at radius 2 is 1.56 bits per heavy atom. The summed E-state index contributed by atoms with van der Waals surface area (Å²) in [5, 5.41) is 4.79. The van der Waals surface area contributed by atoms with Crippen molar-refractivity contribution < 1.29 is 19.1 Å². The van der Waals surface area contributed by atoms with Crippen LogP contribution in [0, 0.1) is 13.8 Å². The Bertz CT molecular complexity index is 1240. The van der Waals surface area contributed by atoms with E-state index in [1.54, 1.807) is 0 Å². The van der Waals surface area contributed by atoms with E-state index < -0.39 is 11.9 Å². The van der Waals surface area contributed by atoms with E-state index in [0.29, 0.717) is 11.4 Å². The first kappa shape index (κ1) is 25.6. The number of methoxy groups -OCH3 is 2. The zero-order valence-corrected chi connectivity index (χ0v) is 21.7. The van der Waals surface area contributed by atoms with Crippen molar-refractivity contribution in [1.29, 1.82) is 0 Å². The summed E-state index contributed by atoms with van der Waals surface area (Å²) >= 11 is 0. The molecule has 2 aromatic carbocycles. The fourth-order valence-corrected chi connectivity index (χ4v) is 4.79. The minimum absolute atomic E-state index is 0.0451. The molecule has 4 rings (SSSR count). The molecular weight excluding hydrogens is 456 g/mol. The van der Waals surface area contributed by atoms with E-state index in [2.05, 4.69) is 22.8 Å². The number of aromatic nitrogens is 2. The molecule has 1 aliphatic heterocycles. The lowest BCUT2D eigenvalue weighted by atomic mass is 9.94. The van der Waals surface area contributed by atoms with Gasteiger partial charge in [0.05, 0.1) is 19.9 Å². The molecule has 2 heterocycles. The number of nitrogens with zero attached hydrogens (tertiary/aromatic N) is 4. The van der Waals surface area contributed by atoms with E-state index in [1.165, 1.54) is 24.5 Å². The minimum Gasteiger partial charge on any atom is -0.465 e. The number of esters is 2. The molecule has 1 fully saturated rings. The van der Waals surface area contributed by atoms with Crippen molar-refractivity contribution in [2.75, 3.05) is 46.9 Å². The molecule has 3 aromatic rings. The molecule has 190 valence electrons. The second-order valence-corrected chi connectivity index (χ2v) is 9.11. The van der Waals surface area contributed by atoms with Crippen molar-refractivity contribution in [1.82, 2.24) is 19.6 Å². The third kappa shape index (κ3) is 5.05. The maximum Gasteiger partial charge on any atom is 0.357 e. The van der Waals surface area contributed by atoms with E-state index in [1.807, 2.05) is 50.2 Å². The summed E-state index contributed by atoms with van der Waals surface area (Å²) in [6.07, 6.45) is 0. The molecule has 8 heteroatoms. The topological polar surface area (TPSA) is 76.9 Å². The second-order valence-electron chi connectivity index (χ2n) is 9.11. The Kier molecular flexibility index (Phi) is 7.86. The van der Waals surface area contributed by atoms with Gasteiger partial charge in [-0.3, -0.25) is 4.90 Å². The summed E-state index contributed by atoms with van der Waals surface area (Å²) < 4.78 is 11.6. The van der Waals surface area contributed by atoms with Crippen LogP contribution in [0.5, 0.6) is 0 Å². The van der Waals surface area contributed by atoms with E-state index in [9.17, 15) is 9.59 Å². The van der Waals surface area contributed by atoms with Gasteiger partial charge in [0.1, 0.15) is 11.3 Å². The van der Waals surface area contributed by atoms with Gasteiger partial charge >= 0.3 is 11.9 Å². The molecule has 1 aromatic heterocycles. The molecule has 0 N–H and O–H groups in total. The van der Waals surface area contributed by atoms with Gasteiger partial charge in [-0.05, 0) is 49.7 Å². The molecule has 0 radical (unpaired) electrons. The van der Waals surface area contributed by atoms with Gasteiger partial charge in [-0.25, -0.2) is 14.3 Å². The molecule has 1 aliphatic rings. The normalized spacial score (nSPS) is 14.6. The maximum atomic E-state index is 13.1. The van der Waals surface area contributed by atoms with Gasteiger partial charge in [-0.15, -0.1) is 0 Å². The number of para-hydroxylation sites is 1. The lowest BCUT2D eigenvalue weighted by molar-refractivity contribution is 0.0549. The van der Waals surface area contributed by atoms with E-state index >= 15 is 0 Å². The molecule has 36 heavy (non-hydrogen) atoms. The highest BCUT2D eigenvalue weighted by Gasteiger charge is 2.32. The van der Waals surface area contributed by atoms with Gasteiger partial charge in [0.15, 0.2) is 5.69 Å². The Balaban J connectivity index is 1.85. The Morgan fingerprint density at radius 3 is 2.17 bits per heavy atom. The van der Waals surface area contributed by atoms with Crippen LogP contribution in [0.1, 0.15) is 44.5 Å². The number of carbonyl (C=O) groups is 2. The molecule has 8 nitrogen and oxygen atoms in total. The monoisotopic (exact) mass is 490 g/mol. The van der Waals surface area contributed by atoms with Crippen LogP contribution in [-0.4, -0.2) is 78.5 Å². The molecule has 0 aliphatic carbocycles. The highest BCUT2D eigenvalue weighted by atomic mass is 16.5. The number of hydrogen-bond acceptors (Lipinski definition) is 7. The number of likely N-dealkylation sites (N-methyl/N-ethyl adjacent to an activating group) is 1. The Hall–Kier alpha value is -3.49. The molecular formula is C28H34N4O4. The van der Waals surface area contributed by atoms with Crippen LogP contribution in [0.3, 0.4) is 0 Å². The minimum atomic E-state index is -0.655. The van der Waals surface area contributed by atoms with Crippen LogP contribution in [0.4, 0.5) is 0 Å². The van der Waals surface area contributed by atoms with Crippen molar-refractivity contribution in [3.05, 3.63) is 70.4 Å². The average molecular weight is 491 g/mol. The van der Waals surface area contributed by atoms with Crippen LogP contribution in [0.15, 0.2) is 42.5 Å². The largest absolute Gasteiger partial charge is 0.465 e. The molecule has 0 unspecified atom stereocenters. The van der Waals surface area contributed by atoms with Crippen molar-refractivity contribution in [3.63, 3.8) is 0 Å². The van der Waals surface area contributed by atoms with Gasteiger partial charge in [0.2, 0.25) is 0 Å². The molecule has 1 saturated heterocycles. The highest BCUT2D eigenvalue weighted by molar-refractivity contribution is 6.07. The van der Waals surface area contributed by atoms with Gasteiger partial charge in [0.25, 0.3) is 0 Å². The van der Waals surface area contributed by atoms with Gasteiger partial charge < -0.3 is 14.4 Å². The summed E-state index contributed by atoms with van der Waals surface area (Å²) in [7, 11) is 2.59. The summed E-state index contributed by atoms with van der Waals surface area (Å²) in [4.78, 5) is 30.9. The first-order valence-electron chi connectivity index (χ1n) is 12.3. The number of aryl methyl sites for hydroxylation is 1. The summed E-state index contributed by atoms with van der Waals surface area (Å²) in [6.45, 7) is 12.3. The van der Waals surface area contributed by atoms with Crippen LogP contribution in [-0.2, 0) is 16.0 Å². The standard InChI is InChI=1S/C28H34N4O4/c1-6-30-12-14-31(15-13-30)18-21-16-19(2)17-23(20(21)3)25-24(27(33)35-4)26(28(34)36-5)32(29-25)22-10-8-7-9-11-22/h7-11,16-17H,6,12-15,18H2,1-5H3. The third-order valence-electron chi connectivity index (χ3n) is 6.88. The summed E-state index contributed by atoms with van der Waals surface area (Å²) in [6, 6.07) is 13.4. The smallest absolute Gasteiger partial charge is 0.357 e. The lowest BCUT2D eigenvalue weighted by Crippen LogP contribution is -2.45. The number of rotatable bonds is 7. The third-order valence-corrected chi connectivity index (χ3v) is 6.88. The zero-order valence-electron chi connectivity index (χ0n) is 21.7. The molecule has 0 saturated carbocycles. The van der Waals surface area contributed by atoms with Gasteiger partial charge in [-0.2, -0.15) is 5.10 Å². The van der Waals surface area contributed by atoms with E-state index in [4.69, 9.17) is 14.6 Å². The maximum absolute atomic E-state index is 13.1. The van der Waals surface area contributed by atoms with Crippen LogP contribution in [0.25, 0.3) is 16.9 Å².